The van der Waals surface area contributed by atoms with Gasteiger partial charge in [0, 0.05) is 10.9 Å². The van der Waals surface area contributed by atoms with E-state index in [1.165, 1.54) is 6.07 Å². The van der Waals surface area contributed by atoms with Gasteiger partial charge in [-0.05, 0) is 34.5 Å². The van der Waals surface area contributed by atoms with E-state index in [4.69, 9.17) is 5.11 Å². The number of halogens is 3. The van der Waals surface area contributed by atoms with E-state index >= 15 is 0 Å². The number of amides is 1. The molecule has 1 amide bonds. The number of carbonyl (C=O) groups excluding carboxylic acids is 1. The van der Waals surface area contributed by atoms with Gasteiger partial charge in [-0.1, -0.05) is 12.1 Å². The molecule has 0 saturated carbocycles. The van der Waals surface area contributed by atoms with E-state index in [0.29, 0.717) is 4.47 Å². The molecular weight excluding hydrogens is 324 g/mol. The smallest absolute Gasteiger partial charge is 0.326 e. The van der Waals surface area contributed by atoms with Crippen LogP contribution in [0, 0.1) is 6.92 Å². The molecule has 1 aromatic carbocycles. The van der Waals surface area contributed by atoms with Gasteiger partial charge in [-0.3, -0.25) is 4.79 Å². The Morgan fingerprint density at radius 2 is 2.05 bits per heavy atom. The zero-order chi connectivity index (χ0) is 14.6. The van der Waals surface area contributed by atoms with Gasteiger partial charge in [-0.2, -0.15) is 0 Å². The maximum absolute atomic E-state index is 12.2. The van der Waals surface area contributed by atoms with Crippen LogP contribution in [0.25, 0.3) is 0 Å². The van der Waals surface area contributed by atoms with Gasteiger partial charge >= 0.3 is 5.97 Å². The summed E-state index contributed by atoms with van der Waals surface area (Å²) in [7, 11) is 0. The molecule has 0 aromatic heterocycles. The van der Waals surface area contributed by atoms with E-state index in [2.05, 4.69) is 21.2 Å². The molecule has 1 rings (SSSR count). The van der Waals surface area contributed by atoms with Crippen molar-refractivity contribution in [1.82, 2.24) is 5.32 Å². The maximum Gasteiger partial charge on any atom is 0.326 e. The molecule has 4 nitrogen and oxygen atoms in total. The number of rotatable bonds is 5. The van der Waals surface area contributed by atoms with Gasteiger partial charge < -0.3 is 10.4 Å². The van der Waals surface area contributed by atoms with Gasteiger partial charge in [0.1, 0.15) is 6.04 Å². The summed E-state index contributed by atoms with van der Waals surface area (Å²) < 4.78 is 24.9. The highest BCUT2D eigenvalue weighted by atomic mass is 79.9. The Kier molecular flexibility index (Phi) is 5.41. The third kappa shape index (κ3) is 4.27. The highest BCUT2D eigenvalue weighted by Crippen LogP contribution is 2.21. The van der Waals surface area contributed by atoms with Gasteiger partial charge in [0.15, 0.2) is 0 Å². The van der Waals surface area contributed by atoms with Crippen molar-refractivity contribution in [2.24, 2.45) is 0 Å². The average Bonchev–Trinajstić information content (AvgIpc) is 2.31. The number of benzene rings is 1. The molecule has 0 bridgehead atoms. The van der Waals surface area contributed by atoms with Crippen LogP contribution in [0.5, 0.6) is 0 Å². The van der Waals surface area contributed by atoms with E-state index < -0.39 is 30.8 Å². The SMILES string of the molecule is Cc1cccc(C(=O)NC(CC(F)F)C(=O)O)c1Br. The van der Waals surface area contributed by atoms with E-state index in [0.717, 1.165) is 5.56 Å². The molecule has 2 N–H and O–H groups in total. The van der Waals surface area contributed by atoms with Gasteiger partial charge in [0.05, 0.1) is 5.56 Å². The third-order valence-electron chi connectivity index (χ3n) is 2.45. The first kappa shape index (κ1) is 15.6. The fraction of sp³-hybridized carbons (Fsp3) is 0.333. The summed E-state index contributed by atoms with van der Waals surface area (Å²) in [5, 5.41) is 10.9. The lowest BCUT2D eigenvalue weighted by Crippen LogP contribution is -2.42. The van der Waals surface area contributed by atoms with Crippen molar-refractivity contribution in [3.8, 4) is 0 Å². The standard InChI is InChI=1S/C12H12BrF2NO3/c1-6-3-2-4-7(10(6)13)11(17)16-8(12(18)19)5-9(14)15/h2-4,8-9H,5H2,1H3,(H,16,17)(H,18,19). The number of aliphatic carboxylic acids is 1. The first-order valence-electron chi connectivity index (χ1n) is 5.40. The lowest BCUT2D eigenvalue weighted by Gasteiger charge is -2.15. The minimum absolute atomic E-state index is 0.209. The molecule has 19 heavy (non-hydrogen) atoms. The second-order valence-electron chi connectivity index (χ2n) is 3.93. The first-order valence-corrected chi connectivity index (χ1v) is 6.19. The first-order chi connectivity index (χ1) is 8.82. The second-order valence-corrected chi connectivity index (χ2v) is 4.72. The van der Waals surface area contributed by atoms with E-state index in [1.54, 1.807) is 19.1 Å². The highest BCUT2D eigenvalue weighted by Gasteiger charge is 2.25. The van der Waals surface area contributed by atoms with Crippen molar-refractivity contribution in [2.45, 2.75) is 25.8 Å². The molecule has 1 aromatic rings. The molecular formula is C12H12BrF2NO3. The summed E-state index contributed by atoms with van der Waals surface area (Å²) in [4.78, 5) is 22.7. The van der Waals surface area contributed by atoms with Crippen molar-refractivity contribution < 1.29 is 23.5 Å². The number of carbonyl (C=O) groups is 2. The normalized spacial score (nSPS) is 12.3. The zero-order valence-electron chi connectivity index (χ0n) is 9.99. The average molecular weight is 336 g/mol. The van der Waals surface area contributed by atoms with Crippen LogP contribution < -0.4 is 5.32 Å². The van der Waals surface area contributed by atoms with Crippen LogP contribution in [-0.4, -0.2) is 29.5 Å². The molecule has 0 heterocycles. The monoisotopic (exact) mass is 335 g/mol. The second kappa shape index (κ2) is 6.60. The lowest BCUT2D eigenvalue weighted by atomic mass is 10.1. The quantitative estimate of drug-likeness (QED) is 0.869. The summed E-state index contributed by atoms with van der Waals surface area (Å²) in [5.74, 6) is -2.19. The number of carboxylic acids is 1. The van der Waals surface area contributed by atoms with Crippen LogP contribution in [0.15, 0.2) is 22.7 Å². The minimum Gasteiger partial charge on any atom is -0.480 e. The summed E-state index contributed by atoms with van der Waals surface area (Å²) in [5.41, 5.74) is 0.994. The van der Waals surface area contributed by atoms with E-state index in [1.807, 2.05) is 0 Å². The van der Waals surface area contributed by atoms with Crippen LogP contribution >= 0.6 is 15.9 Å². The van der Waals surface area contributed by atoms with Gasteiger partial charge in [-0.25, -0.2) is 13.6 Å². The Morgan fingerprint density at radius 3 is 2.58 bits per heavy atom. The van der Waals surface area contributed by atoms with Gasteiger partial charge in [-0.15, -0.1) is 0 Å². The van der Waals surface area contributed by atoms with Crippen LogP contribution in [0.4, 0.5) is 8.78 Å². The van der Waals surface area contributed by atoms with Crippen LogP contribution in [0.3, 0.4) is 0 Å². The maximum atomic E-state index is 12.2. The molecule has 1 unspecified atom stereocenters. The molecule has 7 heteroatoms. The van der Waals surface area contributed by atoms with Crippen LogP contribution in [0.2, 0.25) is 0 Å². The van der Waals surface area contributed by atoms with Gasteiger partial charge in [0.2, 0.25) is 6.43 Å². The van der Waals surface area contributed by atoms with Gasteiger partial charge in [0.25, 0.3) is 5.91 Å². The molecule has 1 atom stereocenters. The predicted molar refractivity (Wildman–Crippen MR) is 68.4 cm³/mol. The summed E-state index contributed by atoms with van der Waals surface area (Å²) >= 11 is 3.20. The molecule has 0 radical (unpaired) electrons. The Hall–Kier alpha value is -1.50. The Bertz CT molecular complexity index is 494. The summed E-state index contributed by atoms with van der Waals surface area (Å²) in [6.45, 7) is 1.76. The topological polar surface area (TPSA) is 66.4 Å². The molecule has 0 aliphatic carbocycles. The Labute approximate surface area is 116 Å². The van der Waals surface area contributed by atoms with E-state index in [9.17, 15) is 18.4 Å². The number of carboxylic acid groups (broad SMARTS) is 1. The van der Waals surface area contributed by atoms with Crippen molar-refractivity contribution in [3.63, 3.8) is 0 Å². The molecule has 0 aliphatic rings. The molecule has 0 fully saturated rings. The summed E-state index contributed by atoms with van der Waals surface area (Å²) in [6.07, 6.45) is -3.73. The van der Waals surface area contributed by atoms with E-state index in [-0.39, 0.29) is 5.56 Å². The molecule has 0 aliphatic heterocycles. The van der Waals surface area contributed by atoms with Crippen molar-refractivity contribution >= 4 is 27.8 Å². The Balaban J connectivity index is 2.88. The molecule has 104 valence electrons. The fourth-order valence-corrected chi connectivity index (χ4v) is 1.90. The number of aryl methyl sites for hydroxylation is 1. The Morgan fingerprint density at radius 1 is 1.42 bits per heavy atom. The zero-order valence-corrected chi connectivity index (χ0v) is 11.6. The number of nitrogens with one attached hydrogen (secondary N) is 1. The number of hydrogen-bond acceptors (Lipinski definition) is 2. The van der Waals surface area contributed by atoms with Crippen LogP contribution in [-0.2, 0) is 4.79 Å². The fourth-order valence-electron chi connectivity index (χ4n) is 1.46. The largest absolute Gasteiger partial charge is 0.480 e. The molecule has 0 spiro atoms. The highest BCUT2D eigenvalue weighted by molar-refractivity contribution is 9.10. The summed E-state index contributed by atoms with van der Waals surface area (Å²) in [6, 6.07) is 3.25. The van der Waals surface area contributed by atoms with Crippen molar-refractivity contribution in [3.05, 3.63) is 33.8 Å². The number of hydrogen-bond donors (Lipinski definition) is 2. The minimum atomic E-state index is -2.80. The van der Waals surface area contributed by atoms with Crippen molar-refractivity contribution in [2.75, 3.05) is 0 Å². The third-order valence-corrected chi connectivity index (χ3v) is 3.51. The predicted octanol–water partition coefficient (Wildman–Crippen LogP) is 2.60. The molecule has 0 saturated heterocycles. The van der Waals surface area contributed by atoms with Crippen molar-refractivity contribution in [1.29, 1.82) is 0 Å². The lowest BCUT2D eigenvalue weighted by molar-refractivity contribution is -0.140. The number of alkyl halides is 2. The van der Waals surface area contributed by atoms with Crippen LogP contribution in [0.1, 0.15) is 22.3 Å².